The van der Waals surface area contributed by atoms with Crippen molar-refractivity contribution in [3.63, 3.8) is 0 Å². The molecule has 4 rings (SSSR count). The second kappa shape index (κ2) is 10.3. The number of benzene rings is 2. The Kier molecular flexibility index (Phi) is 7.20. The first-order valence-corrected chi connectivity index (χ1v) is 12.0. The molecule has 0 bridgehead atoms. The topological polar surface area (TPSA) is 105 Å². The molecule has 0 aromatic heterocycles. The average Bonchev–Trinajstić information content (AvgIpc) is 3.15. The van der Waals surface area contributed by atoms with Gasteiger partial charge in [-0.1, -0.05) is 75.2 Å². The molecule has 34 heavy (non-hydrogen) atoms. The van der Waals surface area contributed by atoms with E-state index in [0.29, 0.717) is 12.8 Å². The molecule has 3 atom stereocenters. The first kappa shape index (κ1) is 23.8. The molecule has 3 N–H and O–H groups in total. The monoisotopic (exact) mass is 464 g/mol. The van der Waals surface area contributed by atoms with Crippen LogP contribution in [0.1, 0.15) is 56.6 Å². The molecule has 2 aromatic rings. The molecule has 0 spiro atoms. The van der Waals surface area contributed by atoms with Crippen molar-refractivity contribution in [3.05, 3.63) is 59.7 Å². The smallest absolute Gasteiger partial charge is 0.407 e. The third-order valence-electron chi connectivity index (χ3n) is 6.98. The van der Waals surface area contributed by atoms with Gasteiger partial charge in [-0.2, -0.15) is 0 Å². The normalized spacial score (nSPS) is 20.2. The highest BCUT2D eigenvalue weighted by Gasteiger charge is 2.35. The highest BCUT2D eigenvalue weighted by Crippen LogP contribution is 2.44. The molecular formula is C27H32N2O5. The third kappa shape index (κ3) is 4.93. The van der Waals surface area contributed by atoms with Crippen LogP contribution in [0.4, 0.5) is 4.79 Å². The molecule has 0 heterocycles. The van der Waals surface area contributed by atoms with Crippen molar-refractivity contribution in [1.29, 1.82) is 0 Å². The van der Waals surface area contributed by atoms with Gasteiger partial charge in [0.15, 0.2) is 0 Å². The minimum Gasteiger partial charge on any atom is -0.481 e. The maximum absolute atomic E-state index is 13.0. The van der Waals surface area contributed by atoms with Crippen molar-refractivity contribution >= 4 is 18.0 Å². The largest absolute Gasteiger partial charge is 0.481 e. The van der Waals surface area contributed by atoms with E-state index >= 15 is 0 Å². The summed E-state index contributed by atoms with van der Waals surface area (Å²) in [6, 6.07) is 15.0. The number of carbonyl (C=O) groups excluding carboxylic acids is 2. The Morgan fingerprint density at radius 3 is 2.15 bits per heavy atom. The number of alkyl carbamates (subject to hydrolysis) is 1. The summed E-state index contributed by atoms with van der Waals surface area (Å²) < 4.78 is 5.60. The first-order chi connectivity index (χ1) is 16.4. The molecule has 1 fully saturated rings. The van der Waals surface area contributed by atoms with E-state index in [-0.39, 0.29) is 24.3 Å². The SMILES string of the molecule is CC(C)[C@H](NC(=O)OCC1c2ccccc2-c2ccccc21)C(=O)N[C@H]1CCCC[C@H]1C(=O)O. The van der Waals surface area contributed by atoms with Crippen LogP contribution >= 0.6 is 0 Å². The van der Waals surface area contributed by atoms with E-state index in [1.807, 2.05) is 38.1 Å². The zero-order valence-electron chi connectivity index (χ0n) is 19.6. The Balaban J connectivity index is 1.39. The Bertz CT molecular complexity index is 1020. The maximum Gasteiger partial charge on any atom is 0.407 e. The minimum absolute atomic E-state index is 0.0666. The van der Waals surface area contributed by atoms with Gasteiger partial charge in [0, 0.05) is 12.0 Å². The van der Waals surface area contributed by atoms with Gasteiger partial charge < -0.3 is 20.5 Å². The Morgan fingerprint density at radius 1 is 0.971 bits per heavy atom. The molecule has 7 heteroatoms. The molecule has 7 nitrogen and oxygen atoms in total. The quantitative estimate of drug-likeness (QED) is 0.566. The number of carboxylic acids is 1. The van der Waals surface area contributed by atoms with Crippen molar-refractivity contribution in [2.75, 3.05) is 6.61 Å². The lowest BCUT2D eigenvalue weighted by molar-refractivity contribution is -0.144. The Morgan fingerprint density at radius 2 is 1.56 bits per heavy atom. The fraction of sp³-hybridized carbons (Fsp3) is 0.444. The Labute approximate surface area is 199 Å². The third-order valence-corrected chi connectivity index (χ3v) is 6.98. The summed E-state index contributed by atoms with van der Waals surface area (Å²) in [6.07, 6.45) is 2.23. The molecule has 2 aliphatic carbocycles. The summed E-state index contributed by atoms with van der Waals surface area (Å²) in [5, 5.41) is 15.1. The van der Waals surface area contributed by atoms with Crippen LogP contribution in [0.25, 0.3) is 11.1 Å². The van der Waals surface area contributed by atoms with Gasteiger partial charge in [-0.15, -0.1) is 0 Å². The van der Waals surface area contributed by atoms with E-state index in [9.17, 15) is 19.5 Å². The van der Waals surface area contributed by atoms with E-state index in [1.165, 1.54) is 0 Å². The predicted octanol–water partition coefficient (Wildman–Crippen LogP) is 4.31. The maximum atomic E-state index is 13.0. The molecule has 2 amide bonds. The molecular weight excluding hydrogens is 432 g/mol. The van der Waals surface area contributed by atoms with Gasteiger partial charge in [-0.05, 0) is 41.0 Å². The van der Waals surface area contributed by atoms with Crippen molar-refractivity contribution in [1.82, 2.24) is 10.6 Å². The number of amides is 2. The molecule has 180 valence electrons. The van der Waals surface area contributed by atoms with Crippen LogP contribution in [-0.2, 0) is 14.3 Å². The predicted molar refractivity (Wildman–Crippen MR) is 128 cm³/mol. The molecule has 2 aliphatic rings. The van der Waals surface area contributed by atoms with Crippen LogP contribution in [0, 0.1) is 11.8 Å². The van der Waals surface area contributed by atoms with Gasteiger partial charge in [-0.25, -0.2) is 4.79 Å². The van der Waals surface area contributed by atoms with Crippen molar-refractivity contribution in [3.8, 4) is 11.1 Å². The number of ether oxygens (including phenoxy) is 1. The van der Waals surface area contributed by atoms with Gasteiger partial charge in [-0.3, -0.25) is 9.59 Å². The van der Waals surface area contributed by atoms with Gasteiger partial charge in [0.2, 0.25) is 5.91 Å². The number of carboxylic acid groups (broad SMARTS) is 1. The van der Waals surface area contributed by atoms with Crippen molar-refractivity contribution in [2.24, 2.45) is 11.8 Å². The van der Waals surface area contributed by atoms with E-state index < -0.39 is 30.1 Å². The van der Waals surface area contributed by atoms with Crippen molar-refractivity contribution < 1.29 is 24.2 Å². The van der Waals surface area contributed by atoms with Gasteiger partial charge >= 0.3 is 12.1 Å². The van der Waals surface area contributed by atoms with Crippen LogP contribution in [0.3, 0.4) is 0 Å². The highest BCUT2D eigenvalue weighted by atomic mass is 16.5. The van der Waals surface area contributed by atoms with Crippen molar-refractivity contribution in [2.45, 2.75) is 57.5 Å². The van der Waals surface area contributed by atoms with Crippen LogP contribution in [0.15, 0.2) is 48.5 Å². The highest BCUT2D eigenvalue weighted by molar-refractivity contribution is 5.87. The summed E-state index contributed by atoms with van der Waals surface area (Å²) in [7, 11) is 0. The number of hydrogen-bond donors (Lipinski definition) is 3. The second-order valence-corrected chi connectivity index (χ2v) is 9.54. The number of fused-ring (bicyclic) bond motifs is 3. The molecule has 1 saturated carbocycles. The molecule has 0 unspecified atom stereocenters. The summed E-state index contributed by atoms with van der Waals surface area (Å²) in [6.45, 7) is 3.84. The van der Waals surface area contributed by atoms with Crippen LogP contribution in [0.2, 0.25) is 0 Å². The van der Waals surface area contributed by atoms with Crippen LogP contribution in [0.5, 0.6) is 0 Å². The van der Waals surface area contributed by atoms with E-state index in [2.05, 4.69) is 34.9 Å². The summed E-state index contributed by atoms with van der Waals surface area (Å²) in [5.74, 6) is -2.12. The molecule has 0 aliphatic heterocycles. The number of rotatable bonds is 7. The van der Waals surface area contributed by atoms with Gasteiger partial charge in [0.25, 0.3) is 0 Å². The van der Waals surface area contributed by atoms with E-state index in [4.69, 9.17) is 4.74 Å². The molecule has 0 saturated heterocycles. The Hall–Kier alpha value is -3.35. The number of aliphatic carboxylic acids is 1. The second-order valence-electron chi connectivity index (χ2n) is 9.54. The first-order valence-electron chi connectivity index (χ1n) is 12.0. The average molecular weight is 465 g/mol. The van der Waals surface area contributed by atoms with Crippen LogP contribution < -0.4 is 10.6 Å². The van der Waals surface area contributed by atoms with Crippen LogP contribution in [-0.4, -0.2) is 41.8 Å². The number of nitrogens with one attached hydrogen (secondary N) is 2. The lowest BCUT2D eigenvalue weighted by Gasteiger charge is -2.31. The zero-order valence-corrected chi connectivity index (χ0v) is 19.6. The van der Waals surface area contributed by atoms with Gasteiger partial charge in [0.05, 0.1) is 5.92 Å². The lowest BCUT2D eigenvalue weighted by atomic mass is 9.84. The number of carbonyl (C=O) groups is 3. The van der Waals surface area contributed by atoms with Gasteiger partial charge in [0.1, 0.15) is 12.6 Å². The summed E-state index contributed by atoms with van der Waals surface area (Å²) in [5.41, 5.74) is 4.53. The number of hydrogen-bond acceptors (Lipinski definition) is 4. The summed E-state index contributed by atoms with van der Waals surface area (Å²) in [4.78, 5) is 37.2. The summed E-state index contributed by atoms with van der Waals surface area (Å²) >= 11 is 0. The minimum atomic E-state index is -0.893. The van der Waals surface area contributed by atoms with E-state index in [0.717, 1.165) is 35.1 Å². The molecule has 2 aromatic carbocycles. The fourth-order valence-corrected chi connectivity index (χ4v) is 5.17. The fourth-order valence-electron chi connectivity index (χ4n) is 5.17. The van der Waals surface area contributed by atoms with E-state index in [1.54, 1.807) is 0 Å². The zero-order chi connectivity index (χ0) is 24.2. The lowest BCUT2D eigenvalue weighted by Crippen LogP contribution is -2.54. The molecule has 0 radical (unpaired) electrons. The standard InChI is InChI=1S/C27H32N2O5/c1-16(2)24(25(30)28-23-14-8-7-13-21(23)26(31)32)29-27(33)34-15-22-19-11-5-3-9-17(19)18-10-4-6-12-20(18)22/h3-6,9-12,16,21-24H,7-8,13-15H2,1-2H3,(H,28,30)(H,29,33)(H,31,32)/t21-,23+,24+/m1/s1.